The minimum absolute atomic E-state index is 0.146. The van der Waals surface area contributed by atoms with Gasteiger partial charge in [-0.2, -0.15) is 0 Å². The zero-order chi connectivity index (χ0) is 11.0. The number of anilines is 2. The van der Waals surface area contributed by atoms with E-state index < -0.39 is 11.4 Å². The third kappa shape index (κ3) is 1.41. The van der Waals surface area contributed by atoms with Crippen molar-refractivity contribution in [3.05, 3.63) is 34.4 Å². The van der Waals surface area contributed by atoms with Gasteiger partial charge in [-0.15, -0.1) is 0 Å². The lowest BCUT2D eigenvalue weighted by Gasteiger charge is -2.06. The molecule has 78 valence electrons. The van der Waals surface area contributed by atoms with Crippen LogP contribution in [0, 0.1) is 5.82 Å². The fourth-order valence-corrected chi connectivity index (χ4v) is 1.43. The fraction of sp³-hybridized carbons (Fsp3) is 0.100. The highest BCUT2D eigenvalue weighted by atomic mass is 19.1. The number of rotatable bonds is 1. The summed E-state index contributed by atoms with van der Waals surface area (Å²) in [5.41, 5.74) is 5.77. The van der Waals surface area contributed by atoms with E-state index >= 15 is 0 Å². The SMILES string of the molecule is CNc1c(N)c2cc(F)ccc2oc1=O. The van der Waals surface area contributed by atoms with E-state index in [1.165, 1.54) is 18.2 Å². The van der Waals surface area contributed by atoms with Crippen molar-refractivity contribution in [3.8, 4) is 0 Å². The molecule has 0 amide bonds. The fourth-order valence-electron chi connectivity index (χ4n) is 1.43. The second-order valence-electron chi connectivity index (χ2n) is 3.07. The van der Waals surface area contributed by atoms with Crippen molar-refractivity contribution in [3.63, 3.8) is 0 Å². The van der Waals surface area contributed by atoms with Crippen LogP contribution in [0.3, 0.4) is 0 Å². The smallest absolute Gasteiger partial charge is 0.361 e. The molecule has 0 saturated carbocycles. The van der Waals surface area contributed by atoms with Gasteiger partial charge in [0.15, 0.2) is 0 Å². The van der Waals surface area contributed by atoms with Gasteiger partial charge in [0, 0.05) is 12.4 Å². The maximum Gasteiger partial charge on any atom is 0.361 e. The second-order valence-corrected chi connectivity index (χ2v) is 3.07. The van der Waals surface area contributed by atoms with Crippen LogP contribution in [0.1, 0.15) is 0 Å². The number of benzene rings is 1. The maximum absolute atomic E-state index is 13.0. The van der Waals surface area contributed by atoms with Crippen molar-refractivity contribution >= 4 is 22.3 Å². The molecule has 0 saturated heterocycles. The topological polar surface area (TPSA) is 68.3 Å². The van der Waals surface area contributed by atoms with E-state index in [-0.39, 0.29) is 17.0 Å². The summed E-state index contributed by atoms with van der Waals surface area (Å²) in [4.78, 5) is 11.4. The normalized spacial score (nSPS) is 10.5. The number of hydrogen-bond donors (Lipinski definition) is 2. The zero-order valence-corrected chi connectivity index (χ0v) is 8.00. The van der Waals surface area contributed by atoms with Gasteiger partial charge in [0.25, 0.3) is 0 Å². The lowest BCUT2D eigenvalue weighted by Crippen LogP contribution is -2.10. The molecule has 1 aromatic heterocycles. The standard InChI is InChI=1S/C10H9FN2O2/c1-13-9-8(12)6-4-5(11)2-3-7(6)15-10(9)14/h2-4,13H,12H2,1H3. The molecule has 15 heavy (non-hydrogen) atoms. The Bertz CT molecular complexity index is 577. The van der Waals surface area contributed by atoms with E-state index in [2.05, 4.69) is 5.32 Å². The average molecular weight is 208 g/mol. The van der Waals surface area contributed by atoms with Crippen LogP contribution in [-0.2, 0) is 0 Å². The number of fused-ring (bicyclic) bond motifs is 1. The van der Waals surface area contributed by atoms with Gasteiger partial charge in [-0.1, -0.05) is 0 Å². The molecule has 0 unspecified atom stereocenters. The molecule has 4 nitrogen and oxygen atoms in total. The van der Waals surface area contributed by atoms with Crippen molar-refractivity contribution in [2.24, 2.45) is 0 Å². The van der Waals surface area contributed by atoms with Crippen molar-refractivity contribution in [1.82, 2.24) is 0 Å². The van der Waals surface area contributed by atoms with Crippen LogP contribution >= 0.6 is 0 Å². The quantitative estimate of drug-likeness (QED) is 0.698. The Morgan fingerprint density at radius 2 is 2.20 bits per heavy atom. The summed E-state index contributed by atoms with van der Waals surface area (Å²) in [5, 5.41) is 3.01. The van der Waals surface area contributed by atoms with Crippen molar-refractivity contribution in [1.29, 1.82) is 0 Å². The number of hydrogen-bond acceptors (Lipinski definition) is 4. The summed E-state index contributed by atoms with van der Waals surface area (Å²) < 4.78 is 17.9. The summed E-state index contributed by atoms with van der Waals surface area (Å²) in [6, 6.07) is 3.82. The zero-order valence-electron chi connectivity index (χ0n) is 8.00. The van der Waals surface area contributed by atoms with Crippen LogP contribution in [-0.4, -0.2) is 7.05 Å². The molecule has 0 spiro atoms. The van der Waals surface area contributed by atoms with Gasteiger partial charge >= 0.3 is 5.63 Å². The average Bonchev–Trinajstić information content (AvgIpc) is 2.20. The Balaban J connectivity index is 2.92. The first-order valence-electron chi connectivity index (χ1n) is 4.33. The minimum atomic E-state index is -0.561. The Morgan fingerprint density at radius 1 is 1.47 bits per heavy atom. The van der Waals surface area contributed by atoms with Gasteiger partial charge in [-0.3, -0.25) is 0 Å². The van der Waals surface area contributed by atoms with Gasteiger partial charge in [0.1, 0.15) is 17.1 Å². The Morgan fingerprint density at radius 3 is 2.87 bits per heavy atom. The van der Waals surface area contributed by atoms with Crippen LogP contribution in [0.4, 0.5) is 15.8 Å². The van der Waals surface area contributed by atoms with Crippen molar-refractivity contribution < 1.29 is 8.81 Å². The van der Waals surface area contributed by atoms with Crippen LogP contribution in [0.15, 0.2) is 27.4 Å². The molecule has 2 aromatic rings. The van der Waals surface area contributed by atoms with Crippen molar-refractivity contribution in [2.45, 2.75) is 0 Å². The highest BCUT2D eigenvalue weighted by molar-refractivity contribution is 5.94. The van der Waals surface area contributed by atoms with E-state index in [0.717, 1.165) is 0 Å². The Hall–Kier alpha value is -2.04. The largest absolute Gasteiger partial charge is 0.421 e. The molecule has 0 aliphatic rings. The number of nitrogens with one attached hydrogen (secondary N) is 1. The van der Waals surface area contributed by atoms with Gasteiger partial charge in [0.2, 0.25) is 0 Å². The predicted octanol–water partition coefficient (Wildman–Crippen LogP) is 1.56. The van der Waals surface area contributed by atoms with Gasteiger partial charge < -0.3 is 15.5 Å². The van der Waals surface area contributed by atoms with E-state index in [4.69, 9.17) is 10.2 Å². The maximum atomic E-state index is 13.0. The summed E-state index contributed by atoms with van der Waals surface area (Å²) in [6.45, 7) is 0. The molecule has 3 N–H and O–H groups in total. The molecule has 0 bridgehead atoms. The van der Waals surface area contributed by atoms with Crippen LogP contribution in [0.25, 0.3) is 11.0 Å². The molecule has 0 aliphatic carbocycles. The Kier molecular flexibility index (Phi) is 2.07. The predicted molar refractivity (Wildman–Crippen MR) is 56.4 cm³/mol. The molecule has 1 aromatic carbocycles. The summed E-state index contributed by atoms with van der Waals surface area (Å²) in [5.74, 6) is -0.426. The minimum Gasteiger partial charge on any atom is -0.421 e. The first-order valence-corrected chi connectivity index (χ1v) is 4.33. The van der Waals surface area contributed by atoms with Crippen molar-refractivity contribution in [2.75, 3.05) is 18.1 Å². The van der Waals surface area contributed by atoms with E-state index in [1.54, 1.807) is 7.05 Å². The number of halogens is 1. The molecule has 2 rings (SSSR count). The van der Waals surface area contributed by atoms with Gasteiger partial charge in [0.05, 0.1) is 5.69 Å². The molecule has 0 radical (unpaired) electrons. The third-order valence-electron chi connectivity index (χ3n) is 2.16. The highest BCUT2D eigenvalue weighted by Gasteiger charge is 2.10. The first-order chi connectivity index (χ1) is 7.13. The summed E-state index contributed by atoms with van der Waals surface area (Å²) in [7, 11) is 1.55. The molecule has 0 aliphatic heterocycles. The van der Waals surface area contributed by atoms with Gasteiger partial charge in [-0.25, -0.2) is 9.18 Å². The molecular formula is C10H9FN2O2. The lowest BCUT2D eigenvalue weighted by molar-refractivity contribution is 0.562. The summed E-state index contributed by atoms with van der Waals surface area (Å²) in [6.07, 6.45) is 0. The molecular weight excluding hydrogens is 199 g/mol. The Labute approximate surface area is 84.5 Å². The van der Waals surface area contributed by atoms with Crippen LogP contribution in [0.2, 0.25) is 0 Å². The first kappa shape index (κ1) is 9.51. The molecule has 5 heteroatoms. The summed E-state index contributed by atoms with van der Waals surface area (Å²) >= 11 is 0. The lowest BCUT2D eigenvalue weighted by atomic mass is 10.2. The monoisotopic (exact) mass is 208 g/mol. The molecule has 1 heterocycles. The second kappa shape index (κ2) is 3.27. The van der Waals surface area contributed by atoms with E-state index in [1.807, 2.05) is 0 Å². The van der Waals surface area contributed by atoms with Gasteiger partial charge in [-0.05, 0) is 18.2 Å². The number of nitrogens with two attached hydrogens (primary N) is 1. The third-order valence-corrected chi connectivity index (χ3v) is 2.16. The molecule has 0 atom stereocenters. The van der Waals surface area contributed by atoms with Crippen LogP contribution in [0.5, 0.6) is 0 Å². The number of nitrogen functional groups attached to an aromatic ring is 1. The van der Waals surface area contributed by atoms with Crippen LogP contribution < -0.4 is 16.7 Å². The highest BCUT2D eigenvalue weighted by Crippen LogP contribution is 2.25. The van der Waals surface area contributed by atoms with E-state index in [0.29, 0.717) is 5.39 Å². The molecule has 0 fully saturated rings. The van der Waals surface area contributed by atoms with E-state index in [9.17, 15) is 9.18 Å².